The molecule has 2 aromatic heterocycles. The van der Waals surface area contributed by atoms with Crippen LogP contribution < -0.4 is 0 Å². The number of alkyl halides is 1. The Labute approximate surface area is 123 Å². The van der Waals surface area contributed by atoms with Gasteiger partial charge in [0.2, 0.25) is 0 Å². The summed E-state index contributed by atoms with van der Waals surface area (Å²) in [6.07, 6.45) is 3.84. The van der Waals surface area contributed by atoms with Gasteiger partial charge in [-0.3, -0.25) is 4.68 Å². The topological polar surface area (TPSA) is 35.6 Å². The summed E-state index contributed by atoms with van der Waals surface area (Å²) in [7, 11) is 2.00. The summed E-state index contributed by atoms with van der Waals surface area (Å²) in [6, 6.07) is 0.401. The number of hydrogen-bond donors (Lipinski definition) is 0. The Hall–Kier alpha value is -0.680. The predicted octanol–water partition coefficient (Wildman–Crippen LogP) is 3.04. The highest BCUT2D eigenvalue weighted by Gasteiger charge is 2.21. The number of thioether (sulfide) groups is 1. The molecule has 1 unspecified atom stereocenters. The minimum absolute atomic E-state index is 0.401. The van der Waals surface area contributed by atoms with Gasteiger partial charge in [-0.25, -0.2) is 4.98 Å². The molecule has 0 saturated carbocycles. The van der Waals surface area contributed by atoms with Crippen molar-refractivity contribution in [3.8, 4) is 0 Å². The molecule has 0 amide bonds. The maximum atomic E-state index is 5.92. The zero-order chi connectivity index (χ0) is 14.0. The van der Waals surface area contributed by atoms with Crippen LogP contribution in [0, 0.1) is 0 Å². The van der Waals surface area contributed by atoms with Gasteiger partial charge in [0.05, 0.1) is 5.69 Å². The molecule has 0 N–H and O–H groups in total. The quantitative estimate of drug-likeness (QED) is 0.769. The SMILES string of the molecule is CCc1nn(C)c2c1nc(CCCl)n2C(C)CSC. The number of nitrogens with zero attached hydrogens (tertiary/aromatic N) is 4. The van der Waals surface area contributed by atoms with Gasteiger partial charge in [0.1, 0.15) is 11.3 Å². The normalized spacial score (nSPS) is 13.3. The van der Waals surface area contributed by atoms with Gasteiger partial charge in [-0.2, -0.15) is 16.9 Å². The highest BCUT2D eigenvalue weighted by atomic mass is 35.5. The van der Waals surface area contributed by atoms with E-state index in [9.17, 15) is 0 Å². The fraction of sp³-hybridized carbons (Fsp3) is 0.692. The zero-order valence-electron chi connectivity index (χ0n) is 12.0. The van der Waals surface area contributed by atoms with Crippen molar-refractivity contribution in [1.82, 2.24) is 19.3 Å². The van der Waals surface area contributed by atoms with Gasteiger partial charge in [0.15, 0.2) is 5.65 Å². The minimum atomic E-state index is 0.401. The summed E-state index contributed by atoms with van der Waals surface area (Å²) in [5, 5.41) is 4.57. The summed E-state index contributed by atoms with van der Waals surface area (Å²) in [4.78, 5) is 4.78. The lowest BCUT2D eigenvalue weighted by Crippen LogP contribution is -2.14. The van der Waals surface area contributed by atoms with E-state index in [0.29, 0.717) is 11.9 Å². The molecular formula is C13H21ClN4S. The lowest BCUT2D eigenvalue weighted by molar-refractivity contribution is 0.576. The van der Waals surface area contributed by atoms with Crippen molar-refractivity contribution in [1.29, 1.82) is 0 Å². The van der Waals surface area contributed by atoms with Crippen LogP contribution in [0.3, 0.4) is 0 Å². The second-order valence-corrected chi connectivity index (χ2v) is 6.03. The van der Waals surface area contributed by atoms with Crippen LogP contribution in [-0.2, 0) is 19.9 Å². The van der Waals surface area contributed by atoms with Crippen molar-refractivity contribution >= 4 is 34.5 Å². The Morgan fingerprint density at radius 2 is 2.16 bits per heavy atom. The van der Waals surface area contributed by atoms with Gasteiger partial charge in [-0.05, 0) is 19.6 Å². The number of aromatic nitrogens is 4. The molecule has 0 spiro atoms. The van der Waals surface area contributed by atoms with Crippen LogP contribution in [0.5, 0.6) is 0 Å². The molecule has 0 aliphatic rings. The van der Waals surface area contributed by atoms with Gasteiger partial charge in [-0.1, -0.05) is 6.92 Å². The number of hydrogen-bond acceptors (Lipinski definition) is 3. The summed E-state index contributed by atoms with van der Waals surface area (Å²) in [6.45, 7) is 4.35. The van der Waals surface area contributed by atoms with Crippen LogP contribution in [0.2, 0.25) is 0 Å². The largest absolute Gasteiger partial charge is 0.309 e. The van der Waals surface area contributed by atoms with E-state index in [-0.39, 0.29) is 0 Å². The third kappa shape index (κ3) is 2.63. The standard InChI is InChI=1S/C13H21ClN4S/c1-5-10-12-13(17(3)16-10)18(9(2)8-19-4)11(15-12)6-7-14/h9H,5-8H2,1-4H3. The fourth-order valence-electron chi connectivity index (χ4n) is 2.53. The molecule has 6 heteroatoms. The van der Waals surface area contributed by atoms with Gasteiger partial charge < -0.3 is 4.57 Å². The third-order valence-corrected chi connectivity index (χ3v) is 4.32. The molecule has 0 radical (unpaired) electrons. The van der Waals surface area contributed by atoms with E-state index in [1.165, 1.54) is 0 Å². The lowest BCUT2D eigenvalue weighted by Gasteiger charge is -2.16. The van der Waals surface area contributed by atoms with E-state index >= 15 is 0 Å². The number of aryl methyl sites for hydroxylation is 3. The van der Waals surface area contributed by atoms with Crippen LogP contribution in [0.4, 0.5) is 0 Å². The molecule has 0 bridgehead atoms. The Morgan fingerprint density at radius 3 is 2.74 bits per heavy atom. The molecule has 2 rings (SSSR count). The molecule has 1 atom stereocenters. The second-order valence-electron chi connectivity index (χ2n) is 4.74. The summed E-state index contributed by atoms with van der Waals surface area (Å²) in [5.74, 6) is 2.74. The minimum Gasteiger partial charge on any atom is -0.309 e. The van der Waals surface area contributed by atoms with Crippen LogP contribution in [0.1, 0.15) is 31.4 Å². The summed E-state index contributed by atoms with van der Waals surface area (Å²) < 4.78 is 4.26. The Kier molecular flexibility index (Phi) is 4.79. The highest BCUT2D eigenvalue weighted by Crippen LogP contribution is 2.25. The molecule has 0 aromatic carbocycles. The van der Waals surface area contributed by atoms with E-state index in [4.69, 9.17) is 16.6 Å². The number of fused-ring (bicyclic) bond motifs is 1. The molecule has 2 aromatic rings. The monoisotopic (exact) mass is 300 g/mol. The smallest absolute Gasteiger partial charge is 0.158 e. The predicted molar refractivity (Wildman–Crippen MR) is 83.4 cm³/mol. The molecule has 2 heterocycles. The zero-order valence-corrected chi connectivity index (χ0v) is 13.6. The van der Waals surface area contributed by atoms with Gasteiger partial charge in [0.25, 0.3) is 0 Å². The first-order valence-electron chi connectivity index (χ1n) is 6.61. The maximum absolute atomic E-state index is 5.92. The van der Waals surface area contributed by atoms with Crippen molar-refractivity contribution in [2.75, 3.05) is 17.9 Å². The van der Waals surface area contributed by atoms with E-state index in [0.717, 1.165) is 41.3 Å². The van der Waals surface area contributed by atoms with Crippen molar-refractivity contribution in [2.24, 2.45) is 7.05 Å². The van der Waals surface area contributed by atoms with E-state index in [2.05, 4.69) is 29.8 Å². The van der Waals surface area contributed by atoms with Gasteiger partial charge >= 0.3 is 0 Å². The number of imidazole rings is 1. The molecular weight excluding hydrogens is 280 g/mol. The Balaban J connectivity index is 2.61. The van der Waals surface area contributed by atoms with Crippen LogP contribution in [-0.4, -0.2) is 37.2 Å². The van der Waals surface area contributed by atoms with Gasteiger partial charge in [-0.15, -0.1) is 11.6 Å². The Bertz CT molecular complexity index is 560. The maximum Gasteiger partial charge on any atom is 0.158 e. The average Bonchev–Trinajstić information content (AvgIpc) is 2.88. The number of rotatable bonds is 6. The highest BCUT2D eigenvalue weighted by molar-refractivity contribution is 7.98. The van der Waals surface area contributed by atoms with Crippen molar-refractivity contribution in [3.05, 3.63) is 11.5 Å². The van der Waals surface area contributed by atoms with Crippen LogP contribution in [0.25, 0.3) is 11.2 Å². The van der Waals surface area contributed by atoms with E-state index < -0.39 is 0 Å². The molecule has 0 saturated heterocycles. The average molecular weight is 301 g/mol. The third-order valence-electron chi connectivity index (χ3n) is 3.31. The van der Waals surface area contributed by atoms with E-state index in [1.54, 1.807) is 0 Å². The molecule has 0 aliphatic heterocycles. The summed E-state index contributed by atoms with van der Waals surface area (Å²) >= 11 is 7.77. The fourth-order valence-corrected chi connectivity index (χ4v) is 3.33. The number of halogens is 1. The van der Waals surface area contributed by atoms with Crippen LogP contribution >= 0.6 is 23.4 Å². The lowest BCUT2D eigenvalue weighted by atomic mass is 10.3. The van der Waals surface area contributed by atoms with Gasteiger partial charge in [0, 0.05) is 31.1 Å². The summed E-state index contributed by atoms with van der Waals surface area (Å²) in [5.41, 5.74) is 3.24. The first-order chi connectivity index (χ1) is 9.13. The van der Waals surface area contributed by atoms with Crippen molar-refractivity contribution in [3.63, 3.8) is 0 Å². The second kappa shape index (κ2) is 6.18. The molecule has 0 aliphatic carbocycles. The Morgan fingerprint density at radius 1 is 1.42 bits per heavy atom. The molecule has 19 heavy (non-hydrogen) atoms. The van der Waals surface area contributed by atoms with Crippen molar-refractivity contribution in [2.45, 2.75) is 32.7 Å². The molecule has 4 nitrogen and oxygen atoms in total. The van der Waals surface area contributed by atoms with E-state index in [1.807, 2.05) is 23.5 Å². The first-order valence-corrected chi connectivity index (χ1v) is 8.54. The van der Waals surface area contributed by atoms with Crippen LogP contribution in [0.15, 0.2) is 0 Å². The van der Waals surface area contributed by atoms with Crippen molar-refractivity contribution < 1.29 is 0 Å². The molecule has 106 valence electrons. The first kappa shape index (κ1) is 14.7. The molecule has 0 fully saturated rings.